The van der Waals surface area contributed by atoms with Crippen molar-refractivity contribution in [2.24, 2.45) is 11.0 Å². The molecule has 1 heterocycles. The molecule has 3 aromatic carbocycles. The van der Waals surface area contributed by atoms with Crippen molar-refractivity contribution >= 4 is 29.4 Å². The van der Waals surface area contributed by atoms with Crippen LogP contribution in [0.15, 0.2) is 83.5 Å². The molecule has 0 aliphatic carbocycles. The second kappa shape index (κ2) is 9.62. The van der Waals surface area contributed by atoms with Gasteiger partial charge in [0.25, 0.3) is 5.91 Å². The van der Waals surface area contributed by atoms with Gasteiger partial charge in [-0.1, -0.05) is 32.0 Å². The first-order chi connectivity index (χ1) is 16.4. The second-order valence-electron chi connectivity index (χ2n) is 7.98. The van der Waals surface area contributed by atoms with Crippen molar-refractivity contribution in [3.8, 4) is 17.2 Å². The number of benzene rings is 3. The Hall–Kier alpha value is -4.39. The number of aromatic carboxylic acids is 1. The van der Waals surface area contributed by atoms with Crippen LogP contribution in [0.1, 0.15) is 29.8 Å². The molecule has 7 heteroatoms. The molecule has 1 aliphatic heterocycles. The average molecular weight is 456 g/mol. The highest BCUT2D eigenvalue weighted by atomic mass is 16.5. The summed E-state index contributed by atoms with van der Waals surface area (Å²) in [6, 6.07) is 20.8. The molecule has 1 aliphatic rings. The van der Waals surface area contributed by atoms with E-state index in [2.05, 4.69) is 5.10 Å². The summed E-state index contributed by atoms with van der Waals surface area (Å²) in [5, 5.41) is 15.0. The van der Waals surface area contributed by atoms with Crippen LogP contribution in [0.25, 0.3) is 6.08 Å². The number of hydrogen-bond donors (Lipinski definition) is 1. The summed E-state index contributed by atoms with van der Waals surface area (Å²) in [6.45, 7) is 3.94. The van der Waals surface area contributed by atoms with E-state index in [4.69, 9.17) is 14.6 Å². The lowest BCUT2D eigenvalue weighted by molar-refractivity contribution is -0.114. The molecule has 0 atom stereocenters. The maximum absolute atomic E-state index is 13.4. The summed E-state index contributed by atoms with van der Waals surface area (Å²) in [6.07, 6.45) is 1.78. The van der Waals surface area contributed by atoms with Gasteiger partial charge in [-0.25, -0.2) is 4.79 Å². The molecule has 0 saturated heterocycles. The molecule has 0 saturated carbocycles. The van der Waals surface area contributed by atoms with Gasteiger partial charge in [0.1, 0.15) is 17.2 Å². The number of para-hydroxylation sites is 1. The number of anilines is 1. The van der Waals surface area contributed by atoms with Crippen LogP contribution in [0.5, 0.6) is 17.2 Å². The van der Waals surface area contributed by atoms with Crippen LogP contribution in [0.2, 0.25) is 0 Å². The summed E-state index contributed by atoms with van der Waals surface area (Å²) >= 11 is 0. The highest BCUT2D eigenvalue weighted by Crippen LogP contribution is 2.32. The van der Waals surface area contributed by atoms with E-state index in [-0.39, 0.29) is 17.4 Å². The molecule has 4 rings (SSSR count). The number of carboxylic acids is 1. The van der Waals surface area contributed by atoms with Gasteiger partial charge in [-0.15, -0.1) is 0 Å². The number of rotatable bonds is 7. The first kappa shape index (κ1) is 22.8. The Kier molecular flexibility index (Phi) is 6.45. The Morgan fingerprint density at radius 2 is 1.62 bits per heavy atom. The lowest BCUT2D eigenvalue weighted by Gasteiger charge is -2.12. The highest BCUT2D eigenvalue weighted by molar-refractivity contribution is 6.33. The van der Waals surface area contributed by atoms with Gasteiger partial charge in [-0.3, -0.25) is 4.79 Å². The molecule has 7 nitrogen and oxygen atoms in total. The van der Waals surface area contributed by atoms with Gasteiger partial charge in [0.2, 0.25) is 0 Å². The van der Waals surface area contributed by atoms with Crippen molar-refractivity contribution in [2.45, 2.75) is 13.8 Å². The predicted molar refractivity (Wildman–Crippen MR) is 131 cm³/mol. The predicted octanol–water partition coefficient (Wildman–Crippen LogP) is 5.63. The minimum absolute atomic E-state index is 0.00633. The molecule has 172 valence electrons. The molecule has 0 fully saturated rings. The lowest BCUT2D eigenvalue weighted by atomic mass is 9.98. The number of amides is 1. The third-order valence-electron chi connectivity index (χ3n) is 5.32. The van der Waals surface area contributed by atoms with Gasteiger partial charge >= 0.3 is 5.97 Å². The Morgan fingerprint density at radius 1 is 0.971 bits per heavy atom. The third-order valence-corrected chi connectivity index (χ3v) is 5.32. The van der Waals surface area contributed by atoms with Crippen LogP contribution in [0, 0.1) is 5.92 Å². The number of hydrazone groups is 1. The second-order valence-corrected chi connectivity index (χ2v) is 7.98. The molecule has 1 N–H and O–H groups in total. The van der Waals surface area contributed by atoms with Gasteiger partial charge in [0, 0.05) is 5.56 Å². The quantitative estimate of drug-likeness (QED) is 0.466. The van der Waals surface area contributed by atoms with Crippen molar-refractivity contribution in [1.82, 2.24) is 0 Å². The largest absolute Gasteiger partial charge is 0.497 e. The lowest BCUT2D eigenvalue weighted by Crippen LogP contribution is -2.21. The normalized spacial score (nSPS) is 14.5. The standard InChI is InChI=1S/C27H24N2O5/c1-17(2)25-23(26(30)29(28-25)20-10-8-18(9-11-20)27(31)32)16-19-6-4-5-7-24(19)34-22-14-12-21(33-3)13-15-22/h4-17H,1-3H3,(H,31,32)/b23-16-. The summed E-state index contributed by atoms with van der Waals surface area (Å²) in [4.78, 5) is 24.5. The van der Waals surface area contributed by atoms with Crippen molar-refractivity contribution in [2.75, 3.05) is 12.1 Å². The minimum Gasteiger partial charge on any atom is -0.497 e. The number of carbonyl (C=O) groups is 2. The fraction of sp³-hybridized carbons (Fsp3) is 0.148. The van der Waals surface area contributed by atoms with Crippen LogP contribution in [0.3, 0.4) is 0 Å². The summed E-state index contributed by atoms with van der Waals surface area (Å²) in [5.74, 6) is 0.648. The molecule has 0 radical (unpaired) electrons. The van der Waals surface area contributed by atoms with Crippen LogP contribution in [0.4, 0.5) is 5.69 Å². The Labute approximate surface area is 197 Å². The number of carboxylic acid groups (broad SMARTS) is 1. The maximum atomic E-state index is 13.4. The molecule has 3 aromatic rings. The van der Waals surface area contributed by atoms with Gasteiger partial charge in [0.15, 0.2) is 0 Å². The zero-order valence-electron chi connectivity index (χ0n) is 19.1. The Morgan fingerprint density at radius 3 is 2.24 bits per heavy atom. The number of nitrogens with zero attached hydrogens (tertiary/aromatic N) is 2. The number of ether oxygens (including phenoxy) is 2. The molecule has 0 unspecified atom stereocenters. The first-order valence-electron chi connectivity index (χ1n) is 10.8. The molecule has 1 amide bonds. The van der Waals surface area contributed by atoms with E-state index in [1.54, 1.807) is 25.3 Å². The minimum atomic E-state index is -1.03. The number of carbonyl (C=O) groups excluding carboxylic acids is 1. The third kappa shape index (κ3) is 4.68. The molecule has 34 heavy (non-hydrogen) atoms. The number of hydrogen-bond acceptors (Lipinski definition) is 5. The fourth-order valence-corrected chi connectivity index (χ4v) is 3.53. The van der Waals surface area contributed by atoms with Crippen molar-refractivity contribution in [3.63, 3.8) is 0 Å². The molecular formula is C27H24N2O5. The smallest absolute Gasteiger partial charge is 0.335 e. The molecule has 0 bridgehead atoms. The van der Waals surface area contributed by atoms with E-state index in [0.717, 1.165) is 11.3 Å². The van der Waals surface area contributed by atoms with Gasteiger partial charge in [-0.05, 0) is 66.6 Å². The highest BCUT2D eigenvalue weighted by Gasteiger charge is 2.32. The van der Waals surface area contributed by atoms with Crippen LogP contribution in [-0.2, 0) is 4.79 Å². The van der Waals surface area contributed by atoms with E-state index in [9.17, 15) is 9.59 Å². The molecular weight excluding hydrogens is 432 g/mol. The number of methoxy groups -OCH3 is 1. The zero-order chi connectivity index (χ0) is 24.2. The van der Waals surface area contributed by atoms with E-state index >= 15 is 0 Å². The van der Waals surface area contributed by atoms with Gasteiger partial charge in [-0.2, -0.15) is 10.1 Å². The van der Waals surface area contributed by atoms with Crippen molar-refractivity contribution in [3.05, 3.63) is 89.5 Å². The van der Waals surface area contributed by atoms with Crippen LogP contribution < -0.4 is 14.5 Å². The monoisotopic (exact) mass is 456 g/mol. The fourth-order valence-electron chi connectivity index (χ4n) is 3.53. The van der Waals surface area contributed by atoms with Gasteiger partial charge in [0.05, 0.1) is 29.6 Å². The summed E-state index contributed by atoms with van der Waals surface area (Å²) in [7, 11) is 1.60. The van der Waals surface area contributed by atoms with Crippen LogP contribution in [-0.4, -0.2) is 29.8 Å². The SMILES string of the molecule is COc1ccc(Oc2ccccc2/C=C2\C(=O)N(c3ccc(C(=O)O)cc3)N=C2C(C)C)cc1. The molecule has 0 aromatic heterocycles. The Bertz CT molecular complexity index is 1280. The van der Waals surface area contributed by atoms with Gasteiger partial charge < -0.3 is 14.6 Å². The van der Waals surface area contributed by atoms with E-state index in [1.807, 2.05) is 62.4 Å². The van der Waals surface area contributed by atoms with Crippen molar-refractivity contribution < 1.29 is 24.2 Å². The Balaban J connectivity index is 1.67. The summed E-state index contributed by atoms with van der Waals surface area (Å²) in [5.41, 5.74) is 2.48. The molecule has 0 spiro atoms. The zero-order valence-corrected chi connectivity index (χ0v) is 19.1. The van der Waals surface area contributed by atoms with Crippen molar-refractivity contribution in [1.29, 1.82) is 0 Å². The van der Waals surface area contributed by atoms with E-state index in [1.165, 1.54) is 17.1 Å². The van der Waals surface area contributed by atoms with E-state index in [0.29, 0.717) is 28.5 Å². The van der Waals surface area contributed by atoms with E-state index < -0.39 is 5.97 Å². The summed E-state index contributed by atoms with van der Waals surface area (Å²) < 4.78 is 11.3. The first-order valence-corrected chi connectivity index (χ1v) is 10.8. The van der Waals surface area contributed by atoms with Crippen LogP contribution >= 0.6 is 0 Å². The maximum Gasteiger partial charge on any atom is 0.335 e. The average Bonchev–Trinajstić information content (AvgIpc) is 3.17. The topological polar surface area (TPSA) is 88.4 Å².